The number of aromatic nitrogens is 3. The minimum atomic E-state index is -0.170. The number of nitrogens with zero attached hydrogens (tertiary/aromatic N) is 3. The van der Waals surface area contributed by atoms with Crippen LogP contribution >= 0.6 is 11.8 Å². The summed E-state index contributed by atoms with van der Waals surface area (Å²) in [5.74, 6) is 0.597. The van der Waals surface area contributed by atoms with Gasteiger partial charge in [-0.25, -0.2) is 0 Å². The molecule has 0 radical (unpaired) electrons. The molecule has 1 N–H and O–H groups in total. The summed E-state index contributed by atoms with van der Waals surface area (Å²) >= 11 is 1.51. The van der Waals surface area contributed by atoms with Crippen LogP contribution in [0, 0.1) is 0 Å². The topological polar surface area (TPSA) is 69.0 Å². The van der Waals surface area contributed by atoms with Crippen LogP contribution in [0.3, 0.4) is 0 Å². The molecule has 4 aromatic rings. The van der Waals surface area contributed by atoms with E-state index in [0.717, 1.165) is 27.1 Å². The molecule has 0 aliphatic heterocycles. The molecule has 0 saturated carbocycles. The van der Waals surface area contributed by atoms with Crippen molar-refractivity contribution in [3.05, 3.63) is 96.3 Å². The Balaban J connectivity index is 1.42. The van der Waals surface area contributed by atoms with E-state index in [-0.39, 0.29) is 5.91 Å². The van der Waals surface area contributed by atoms with Crippen molar-refractivity contribution in [3.8, 4) is 5.75 Å². The molecule has 150 valence electrons. The summed E-state index contributed by atoms with van der Waals surface area (Å²) in [6.07, 6.45) is 1.66. The highest BCUT2D eigenvalue weighted by atomic mass is 32.2. The fourth-order valence-electron chi connectivity index (χ4n) is 2.82. The van der Waals surface area contributed by atoms with Crippen LogP contribution in [0.25, 0.3) is 0 Å². The number of carbonyl (C=O) groups is 1. The van der Waals surface area contributed by atoms with E-state index in [1.54, 1.807) is 12.4 Å². The Morgan fingerprint density at radius 2 is 1.73 bits per heavy atom. The third kappa shape index (κ3) is 4.87. The monoisotopic (exact) mass is 416 g/mol. The Kier molecular flexibility index (Phi) is 6.10. The first-order valence-corrected chi connectivity index (χ1v) is 10.2. The third-order valence-electron chi connectivity index (χ3n) is 4.39. The quantitative estimate of drug-likeness (QED) is 0.469. The number of amides is 1. The van der Waals surface area contributed by atoms with Crippen LogP contribution in [0.1, 0.15) is 15.9 Å². The molecule has 0 spiro atoms. The van der Waals surface area contributed by atoms with Gasteiger partial charge in [-0.15, -0.1) is 10.2 Å². The van der Waals surface area contributed by atoms with Gasteiger partial charge in [-0.3, -0.25) is 4.79 Å². The molecule has 0 saturated heterocycles. The van der Waals surface area contributed by atoms with E-state index in [1.807, 2.05) is 84.4 Å². The standard InChI is InChI=1S/C23H20N4O2S/c1-27-16-24-26-23(27)30-20-13-11-18(12-14-20)25-22(28)21-10-6-5-7-17(21)15-29-19-8-3-2-4-9-19/h2-14,16H,15H2,1H3,(H,25,28). The van der Waals surface area contributed by atoms with Gasteiger partial charge in [0.25, 0.3) is 5.91 Å². The minimum absolute atomic E-state index is 0.170. The molecule has 3 aromatic carbocycles. The second-order valence-electron chi connectivity index (χ2n) is 6.56. The lowest BCUT2D eigenvalue weighted by atomic mass is 10.1. The lowest BCUT2D eigenvalue weighted by Gasteiger charge is -2.12. The van der Waals surface area contributed by atoms with Gasteiger partial charge in [0.15, 0.2) is 5.16 Å². The van der Waals surface area contributed by atoms with Crippen LogP contribution in [0.2, 0.25) is 0 Å². The first-order valence-electron chi connectivity index (χ1n) is 9.38. The summed E-state index contributed by atoms with van der Waals surface area (Å²) in [7, 11) is 1.90. The van der Waals surface area contributed by atoms with E-state index in [9.17, 15) is 4.79 Å². The molecule has 1 amide bonds. The van der Waals surface area contributed by atoms with Gasteiger partial charge in [-0.05, 0) is 54.2 Å². The second-order valence-corrected chi connectivity index (χ2v) is 7.60. The molecule has 0 bridgehead atoms. The largest absolute Gasteiger partial charge is 0.489 e. The van der Waals surface area contributed by atoms with Crippen LogP contribution in [0.15, 0.2) is 95.2 Å². The van der Waals surface area contributed by atoms with Crippen LogP contribution in [-0.2, 0) is 13.7 Å². The van der Waals surface area contributed by atoms with Crippen molar-refractivity contribution in [2.45, 2.75) is 16.7 Å². The smallest absolute Gasteiger partial charge is 0.256 e. The zero-order valence-corrected chi connectivity index (χ0v) is 17.2. The number of rotatable bonds is 7. The van der Waals surface area contributed by atoms with Crippen LogP contribution in [-0.4, -0.2) is 20.7 Å². The van der Waals surface area contributed by atoms with Gasteiger partial charge in [0, 0.05) is 28.8 Å². The van der Waals surface area contributed by atoms with E-state index in [0.29, 0.717) is 12.2 Å². The van der Waals surface area contributed by atoms with E-state index in [4.69, 9.17) is 4.74 Å². The summed E-state index contributed by atoms with van der Waals surface area (Å²) in [6.45, 7) is 0.320. The van der Waals surface area contributed by atoms with Crippen molar-refractivity contribution in [2.75, 3.05) is 5.32 Å². The average molecular weight is 417 g/mol. The summed E-state index contributed by atoms with van der Waals surface area (Å²) < 4.78 is 7.67. The maximum atomic E-state index is 12.8. The van der Waals surface area contributed by atoms with Crippen molar-refractivity contribution in [1.29, 1.82) is 0 Å². The number of ether oxygens (including phenoxy) is 1. The van der Waals surface area contributed by atoms with Crippen LogP contribution < -0.4 is 10.1 Å². The Labute approximate surface area is 178 Å². The summed E-state index contributed by atoms with van der Waals surface area (Å²) in [5, 5.41) is 11.7. The summed E-state index contributed by atoms with van der Waals surface area (Å²) in [4.78, 5) is 13.9. The number of para-hydroxylation sites is 1. The molecule has 0 aliphatic rings. The molecule has 30 heavy (non-hydrogen) atoms. The number of nitrogens with one attached hydrogen (secondary N) is 1. The van der Waals surface area contributed by atoms with E-state index in [1.165, 1.54) is 11.8 Å². The number of hydrogen-bond acceptors (Lipinski definition) is 5. The van der Waals surface area contributed by atoms with Crippen molar-refractivity contribution in [2.24, 2.45) is 7.05 Å². The molecule has 0 unspecified atom stereocenters. The van der Waals surface area contributed by atoms with Gasteiger partial charge in [-0.1, -0.05) is 36.4 Å². The number of carbonyl (C=O) groups excluding carboxylic acids is 1. The van der Waals surface area contributed by atoms with E-state index >= 15 is 0 Å². The van der Waals surface area contributed by atoms with E-state index < -0.39 is 0 Å². The Bertz CT molecular complexity index is 1130. The maximum Gasteiger partial charge on any atom is 0.256 e. The van der Waals surface area contributed by atoms with Gasteiger partial charge >= 0.3 is 0 Å². The van der Waals surface area contributed by atoms with Gasteiger partial charge in [0.2, 0.25) is 0 Å². The Hall–Kier alpha value is -3.58. The van der Waals surface area contributed by atoms with Crippen molar-refractivity contribution in [3.63, 3.8) is 0 Å². The minimum Gasteiger partial charge on any atom is -0.489 e. The summed E-state index contributed by atoms with van der Waals surface area (Å²) in [6, 6.07) is 24.6. The predicted molar refractivity (Wildman–Crippen MR) is 117 cm³/mol. The van der Waals surface area contributed by atoms with Gasteiger partial charge < -0.3 is 14.6 Å². The van der Waals surface area contributed by atoms with Crippen LogP contribution in [0.5, 0.6) is 5.75 Å². The maximum absolute atomic E-state index is 12.8. The Morgan fingerprint density at radius 3 is 2.47 bits per heavy atom. The normalized spacial score (nSPS) is 10.6. The molecule has 0 atom stereocenters. The third-order valence-corrected chi connectivity index (χ3v) is 5.45. The highest BCUT2D eigenvalue weighted by molar-refractivity contribution is 7.99. The lowest BCUT2D eigenvalue weighted by molar-refractivity contribution is 0.102. The van der Waals surface area contributed by atoms with Crippen molar-refractivity contribution >= 4 is 23.4 Å². The predicted octanol–water partition coefficient (Wildman–Crippen LogP) is 4.80. The van der Waals surface area contributed by atoms with E-state index in [2.05, 4.69) is 15.5 Å². The van der Waals surface area contributed by atoms with Crippen molar-refractivity contribution in [1.82, 2.24) is 14.8 Å². The molecule has 1 aromatic heterocycles. The number of benzene rings is 3. The SMILES string of the molecule is Cn1cnnc1Sc1ccc(NC(=O)c2ccccc2COc2ccccc2)cc1. The molecule has 7 heteroatoms. The molecule has 4 rings (SSSR count). The lowest BCUT2D eigenvalue weighted by Crippen LogP contribution is -2.15. The Morgan fingerprint density at radius 1 is 1.00 bits per heavy atom. The van der Waals surface area contributed by atoms with Gasteiger partial charge in [0.05, 0.1) is 0 Å². The second kappa shape index (κ2) is 9.28. The van der Waals surface area contributed by atoms with Gasteiger partial charge in [0.1, 0.15) is 18.7 Å². The summed E-state index contributed by atoms with van der Waals surface area (Å²) in [5.41, 5.74) is 2.14. The molecule has 6 nitrogen and oxygen atoms in total. The zero-order valence-electron chi connectivity index (χ0n) is 16.4. The fraction of sp³-hybridized carbons (Fsp3) is 0.0870. The highest BCUT2D eigenvalue weighted by Gasteiger charge is 2.12. The fourth-order valence-corrected chi connectivity index (χ4v) is 3.58. The number of hydrogen-bond donors (Lipinski definition) is 1. The molecule has 1 heterocycles. The molecule has 0 aliphatic carbocycles. The first-order chi connectivity index (χ1) is 14.7. The molecular formula is C23H20N4O2S. The number of anilines is 1. The molecular weight excluding hydrogens is 396 g/mol. The van der Waals surface area contributed by atoms with Crippen LogP contribution in [0.4, 0.5) is 5.69 Å². The van der Waals surface area contributed by atoms with Gasteiger partial charge in [-0.2, -0.15) is 0 Å². The first kappa shape index (κ1) is 19.7. The average Bonchev–Trinajstić information content (AvgIpc) is 3.19. The van der Waals surface area contributed by atoms with Crippen molar-refractivity contribution < 1.29 is 9.53 Å². The molecule has 0 fully saturated rings. The zero-order chi connectivity index (χ0) is 20.8. The number of aryl methyl sites for hydroxylation is 1. The highest BCUT2D eigenvalue weighted by Crippen LogP contribution is 2.26.